The molecular weight excluding hydrogens is 314 g/mol. The third-order valence-corrected chi connectivity index (χ3v) is 4.07. The molecule has 0 fully saturated rings. The van der Waals surface area contributed by atoms with Gasteiger partial charge in [0.25, 0.3) is 5.91 Å². The molecule has 0 saturated heterocycles. The predicted octanol–water partition coefficient (Wildman–Crippen LogP) is 4.03. The highest BCUT2D eigenvalue weighted by molar-refractivity contribution is 5.96. The molecular formula is C21H25NO3. The molecule has 0 aliphatic carbocycles. The molecule has 0 spiro atoms. The smallest absolute Gasteiger partial charge is 0.311 e. The number of hydrogen-bond donors (Lipinski definition) is 1. The average molecular weight is 339 g/mol. The summed E-state index contributed by atoms with van der Waals surface area (Å²) in [6.45, 7) is 9.49. The lowest BCUT2D eigenvalue weighted by molar-refractivity contribution is -0.152. The van der Waals surface area contributed by atoms with E-state index in [2.05, 4.69) is 5.32 Å². The van der Waals surface area contributed by atoms with Crippen LogP contribution in [0.3, 0.4) is 0 Å². The number of carbonyl (C=O) groups is 2. The number of amides is 1. The van der Waals surface area contributed by atoms with E-state index in [1.54, 1.807) is 6.92 Å². The number of benzene rings is 2. The highest BCUT2D eigenvalue weighted by atomic mass is 16.5. The summed E-state index contributed by atoms with van der Waals surface area (Å²) < 4.78 is 5.27. The topological polar surface area (TPSA) is 55.4 Å². The highest BCUT2D eigenvalue weighted by Crippen LogP contribution is 2.22. The van der Waals surface area contributed by atoms with E-state index in [-0.39, 0.29) is 12.3 Å². The van der Waals surface area contributed by atoms with Crippen LogP contribution >= 0.6 is 0 Å². The zero-order chi connectivity index (χ0) is 18.6. The number of aryl methyl sites for hydroxylation is 4. The van der Waals surface area contributed by atoms with E-state index in [4.69, 9.17) is 4.74 Å². The van der Waals surface area contributed by atoms with Crippen LogP contribution in [0.4, 0.5) is 5.69 Å². The molecule has 0 bridgehead atoms. The Balaban J connectivity index is 1.96. The van der Waals surface area contributed by atoms with E-state index in [9.17, 15) is 9.59 Å². The first-order valence-electron chi connectivity index (χ1n) is 8.40. The number of carbonyl (C=O) groups excluding carboxylic acids is 2. The SMILES string of the molecule is Cc1ccc(CC(=O)O[C@@H](C)C(=O)Nc2c(C)cc(C)cc2C)cc1. The van der Waals surface area contributed by atoms with Crippen LogP contribution in [-0.2, 0) is 20.7 Å². The number of ether oxygens (including phenoxy) is 1. The zero-order valence-electron chi connectivity index (χ0n) is 15.5. The van der Waals surface area contributed by atoms with Gasteiger partial charge in [0.15, 0.2) is 6.10 Å². The van der Waals surface area contributed by atoms with Crippen LogP contribution in [0, 0.1) is 27.7 Å². The molecule has 2 aromatic rings. The van der Waals surface area contributed by atoms with E-state index >= 15 is 0 Å². The van der Waals surface area contributed by atoms with Crippen LogP contribution in [-0.4, -0.2) is 18.0 Å². The molecule has 0 unspecified atom stereocenters. The Labute approximate surface area is 149 Å². The van der Waals surface area contributed by atoms with Crippen LogP contribution in [0.1, 0.15) is 34.7 Å². The zero-order valence-corrected chi connectivity index (χ0v) is 15.5. The number of hydrogen-bond acceptors (Lipinski definition) is 3. The van der Waals surface area contributed by atoms with Gasteiger partial charge in [0.05, 0.1) is 6.42 Å². The van der Waals surface area contributed by atoms with E-state index in [0.29, 0.717) is 0 Å². The first-order chi connectivity index (χ1) is 11.8. The molecule has 0 aliphatic rings. The van der Waals surface area contributed by atoms with Gasteiger partial charge in [0, 0.05) is 5.69 Å². The van der Waals surface area contributed by atoms with Gasteiger partial charge < -0.3 is 10.1 Å². The molecule has 0 radical (unpaired) electrons. The number of nitrogens with one attached hydrogen (secondary N) is 1. The van der Waals surface area contributed by atoms with Gasteiger partial charge in [-0.05, 0) is 51.3 Å². The van der Waals surface area contributed by atoms with Crippen molar-refractivity contribution in [3.63, 3.8) is 0 Å². The van der Waals surface area contributed by atoms with Gasteiger partial charge in [-0.25, -0.2) is 0 Å². The average Bonchev–Trinajstić information content (AvgIpc) is 2.52. The highest BCUT2D eigenvalue weighted by Gasteiger charge is 2.19. The molecule has 0 saturated carbocycles. The van der Waals surface area contributed by atoms with Crippen molar-refractivity contribution in [3.05, 3.63) is 64.2 Å². The lowest BCUT2D eigenvalue weighted by atomic mass is 10.0. The van der Waals surface area contributed by atoms with Crippen molar-refractivity contribution in [1.29, 1.82) is 0 Å². The Bertz CT molecular complexity index is 755. The second kappa shape index (κ2) is 7.97. The number of anilines is 1. The maximum Gasteiger partial charge on any atom is 0.311 e. The lowest BCUT2D eigenvalue weighted by Gasteiger charge is -2.17. The van der Waals surface area contributed by atoms with Gasteiger partial charge in [-0.1, -0.05) is 47.5 Å². The minimum atomic E-state index is -0.849. The summed E-state index contributed by atoms with van der Waals surface area (Å²) in [5.41, 5.74) is 5.90. The summed E-state index contributed by atoms with van der Waals surface area (Å²) in [7, 11) is 0. The van der Waals surface area contributed by atoms with Crippen LogP contribution in [0.2, 0.25) is 0 Å². The third kappa shape index (κ3) is 5.18. The summed E-state index contributed by atoms with van der Waals surface area (Å²) >= 11 is 0. The van der Waals surface area contributed by atoms with Crippen molar-refractivity contribution in [3.8, 4) is 0 Å². The first kappa shape index (κ1) is 18.7. The van der Waals surface area contributed by atoms with Crippen molar-refractivity contribution < 1.29 is 14.3 Å². The minimum Gasteiger partial charge on any atom is -0.452 e. The molecule has 4 nitrogen and oxygen atoms in total. The molecule has 4 heteroatoms. The summed E-state index contributed by atoms with van der Waals surface area (Å²) in [5, 5.41) is 2.87. The Morgan fingerprint density at radius 1 is 0.960 bits per heavy atom. The second-order valence-corrected chi connectivity index (χ2v) is 6.56. The molecule has 0 heterocycles. The van der Waals surface area contributed by atoms with Crippen molar-refractivity contribution in [2.24, 2.45) is 0 Å². The van der Waals surface area contributed by atoms with Crippen molar-refractivity contribution in [2.45, 2.75) is 47.1 Å². The Morgan fingerprint density at radius 2 is 1.52 bits per heavy atom. The fourth-order valence-electron chi connectivity index (χ4n) is 2.77. The summed E-state index contributed by atoms with van der Waals surface area (Å²) in [6, 6.07) is 11.7. The predicted molar refractivity (Wildman–Crippen MR) is 99.7 cm³/mol. The molecule has 1 amide bonds. The van der Waals surface area contributed by atoms with Crippen molar-refractivity contribution in [2.75, 3.05) is 5.32 Å². The van der Waals surface area contributed by atoms with Gasteiger partial charge >= 0.3 is 5.97 Å². The minimum absolute atomic E-state index is 0.153. The summed E-state index contributed by atoms with van der Waals surface area (Å²) in [5.74, 6) is -0.740. The van der Waals surface area contributed by atoms with Crippen molar-refractivity contribution in [1.82, 2.24) is 0 Å². The molecule has 25 heavy (non-hydrogen) atoms. The number of rotatable bonds is 5. The summed E-state index contributed by atoms with van der Waals surface area (Å²) in [6.07, 6.45) is -0.696. The van der Waals surface area contributed by atoms with Gasteiger partial charge in [0.2, 0.25) is 0 Å². The number of esters is 1. The van der Waals surface area contributed by atoms with Gasteiger partial charge in [-0.2, -0.15) is 0 Å². The van der Waals surface area contributed by atoms with E-state index in [1.807, 2.05) is 64.1 Å². The molecule has 132 valence electrons. The van der Waals surface area contributed by atoms with Gasteiger partial charge in [-0.15, -0.1) is 0 Å². The molecule has 1 atom stereocenters. The fourth-order valence-corrected chi connectivity index (χ4v) is 2.77. The molecule has 2 rings (SSSR count). The quantitative estimate of drug-likeness (QED) is 0.837. The van der Waals surface area contributed by atoms with Gasteiger partial charge in [-0.3, -0.25) is 9.59 Å². The van der Waals surface area contributed by atoms with Crippen LogP contribution in [0.5, 0.6) is 0 Å². The van der Waals surface area contributed by atoms with E-state index in [0.717, 1.165) is 33.5 Å². The summed E-state index contributed by atoms with van der Waals surface area (Å²) in [4.78, 5) is 24.4. The fraction of sp³-hybridized carbons (Fsp3) is 0.333. The Hall–Kier alpha value is -2.62. The third-order valence-electron chi connectivity index (χ3n) is 4.07. The largest absolute Gasteiger partial charge is 0.452 e. The maximum atomic E-state index is 12.3. The Kier molecular flexibility index (Phi) is 5.97. The molecule has 0 aromatic heterocycles. The van der Waals surface area contributed by atoms with Crippen LogP contribution in [0.25, 0.3) is 0 Å². The normalized spacial score (nSPS) is 11.7. The van der Waals surface area contributed by atoms with E-state index in [1.165, 1.54) is 0 Å². The van der Waals surface area contributed by atoms with Crippen LogP contribution in [0.15, 0.2) is 36.4 Å². The van der Waals surface area contributed by atoms with E-state index < -0.39 is 12.1 Å². The van der Waals surface area contributed by atoms with Crippen LogP contribution < -0.4 is 5.32 Å². The van der Waals surface area contributed by atoms with Crippen molar-refractivity contribution >= 4 is 17.6 Å². The van der Waals surface area contributed by atoms with Gasteiger partial charge in [0.1, 0.15) is 0 Å². The maximum absolute atomic E-state index is 12.3. The second-order valence-electron chi connectivity index (χ2n) is 6.56. The monoisotopic (exact) mass is 339 g/mol. The first-order valence-corrected chi connectivity index (χ1v) is 8.40. The Morgan fingerprint density at radius 3 is 2.08 bits per heavy atom. The lowest BCUT2D eigenvalue weighted by Crippen LogP contribution is -2.31. The standard InChI is InChI=1S/C21H25NO3/c1-13-6-8-18(9-7-13)12-19(23)25-17(5)21(24)22-20-15(3)10-14(2)11-16(20)4/h6-11,17H,12H2,1-5H3,(H,22,24)/t17-/m0/s1. The molecule has 1 N–H and O–H groups in total. The molecule has 2 aromatic carbocycles. The molecule has 0 aliphatic heterocycles.